The molecule has 1 amide bonds. The third kappa shape index (κ3) is 7.83. The van der Waals surface area contributed by atoms with Crippen LogP contribution in [0.15, 0.2) is 18.2 Å². The number of benzene rings is 1. The summed E-state index contributed by atoms with van der Waals surface area (Å²) in [5.74, 6) is -3.69. The largest absolute Gasteiger partial charge is 1.00 e. The van der Waals surface area contributed by atoms with Crippen molar-refractivity contribution < 1.29 is 53.8 Å². The van der Waals surface area contributed by atoms with Crippen LogP contribution in [0.2, 0.25) is 5.02 Å². The third-order valence-electron chi connectivity index (χ3n) is 2.91. The average molecular weight is 350 g/mol. The van der Waals surface area contributed by atoms with Gasteiger partial charge in [-0.15, -0.1) is 0 Å². The predicted octanol–water partition coefficient (Wildman–Crippen LogP) is -1.70. The number of carbonyl (C=O) groups excluding carboxylic acids is 3. The molecule has 1 aromatic carbocycles. The Hall–Kier alpha value is -1.08. The van der Waals surface area contributed by atoms with Gasteiger partial charge in [-0.2, -0.15) is 0 Å². The maximum atomic E-state index is 11.9. The molecule has 0 aliphatic heterocycles. The number of carboxylic acid groups (broad SMARTS) is 1. The molecule has 1 unspecified atom stereocenters. The second kappa shape index (κ2) is 10.6. The van der Waals surface area contributed by atoms with Crippen LogP contribution in [0.3, 0.4) is 0 Å². The number of carbonyl (C=O) groups is 3. The van der Waals surface area contributed by atoms with Crippen LogP contribution in [0, 0.1) is 12.8 Å². The Morgan fingerprint density at radius 2 is 1.96 bits per heavy atom. The van der Waals surface area contributed by atoms with E-state index in [-0.39, 0.29) is 42.6 Å². The van der Waals surface area contributed by atoms with Gasteiger partial charge in [0.05, 0.1) is 12.5 Å². The van der Waals surface area contributed by atoms with E-state index in [1.54, 1.807) is 32.0 Å². The van der Waals surface area contributed by atoms with Gasteiger partial charge in [0.25, 0.3) is 0 Å². The monoisotopic (exact) mass is 349 g/mol. The molecule has 0 bridgehead atoms. The minimum atomic E-state index is -1.41. The van der Waals surface area contributed by atoms with Crippen molar-refractivity contribution in [2.24, 2.45) is 5.92 Å². The molecule has 0 saturated heterocycles. The van der Waals surface area contributed by atoms with Gasteiger partial charge in [-0.05, 0) is 37.6 Å². The normalized spacial score (nSPS) is 11.1. The number of carboxylic acids is 1. The maximum Gasteiger partial charge on any atom is 1.00 e. The van der Waals surface area contributed by atoms with Crippen molar-refractivity contribution in [1.29, 1.82) is 0 Å². The van der Waals surface area contributed by atoms with Crippen molar-refractivity contribution in [3.8, 4) is 0 Å². The number of esters is 1. The van der Waals surface area contributed by atoms with Crippen LogP contribution in [0.1, 0.15) is 25.3 Å². The van der Waals surface area contributed by atoms with Crippen molar-refractivity contribution >= 4 is 35.1 Å². The molecule has 1 atom stereocenters. The second-order valence-corrected chi connectivity index (χ2v) is 5.15. The Morgan fingerprint density at radius 3 is 2.48 bits per heavy atom. The number of hydrogen-bond donors (Lipinski definition) is 1. The van der Waals surface area contributed by atoms with Crippen LogP contribution >= 0.6 is 11.6 Å². The quantitative estimate of drug-likeness (QED) is 0.468. The van der Waals surface area contributed by atoms with Crippen LogP contribution in [-0.2, 0) is 19.1 Å². The van der Waals surface area contributed by atoms with Gasteiger partial charge in [-0.1, -0.05) is 11.6 Å². The molecule has 0 aromatic heterocycles. The molecule has 1 rings (SSSR count). The number of aryl methyl sites for hydroxylation is 1. The number of nitrogens with one attached hydrogen (secondary N) is 1. The summed E-state index contributed by atoms with van der Waals surface area (Å²) >= 11 is 5.89. The Balaban J connectivity index is 0.00000484. The molecule has 1 N–H and O–H groups in total. The standard InChI is InChI=1S/C15H18ClNO5.Na/c1-3-22-15(21)10(8-14(19)20)7-13(18)17-11-4-5-12(16)9(2)6-11;/h4-6,10H,3,7-8H2,1-2H3,(H,17,18)(H,19,20);/q;+1/p-1. The summed E-state index contributed by atoms with van der Waals surface area (Å²) in [6, 6.07) is 4.93. The van der Waals surface area contributed by atoms with Crippen molar-refractivity contribution in [3.63, 3.8) is 0 Å². The summed E-state index contributed by atoms with van der Waals surface area (Å²) in [4.78, 5) is 34.3. The first-order valence-corrected chi connectivity index (χ1v) is 7.13. The Morgan fingerprint density at radius 1 is 1.30 bits per heavy atom. The molecular formula is C15H17ClNNaO5. The molecule has 8 heteroatoms. The minimum Gasteiger partial charge on any atom is -0.550 e. The van der Waals surface area contributed by atoms with E-state index in [2.05, 4.69) is 5.32 Å². The van der Waals surface area contributed by atoms with Gasteiger partial charge in [0.15, 0.2) is 0 Å². The predicted molar refractivity (Wildman–Crippen MR) is 79.2 cm³/mol. The number of halogens is 1. The van der Waals surface area contributed by atoms with Crippen molar-refractivity contribution in [3.05, 3.63) is 28.8 Å². The Labute approximate surface area is 161 Å². The van der Waals surface area contributed by atoms with Crippen LogP contribution in [0.4, 0.5) is 5.69 Å². The fraction of sp³-hybridized carbons (Fsp3) is 0.400. The van der Waals surface area contributed by atoms with E-state index in [0.717, 1.165) is 5.56 Å². The van der Waals surface area contributed by atoms with Crippen molar-refractivity contribution in [2.75, 3.05) is 11.9 Å². The summed E-state index contributed by atoms with van der Waals surface area (Å²) in [7, 11) is 0. The summed E-state index contributed by atoms with van der Waals surface area (Å²) in [6.45, 7) is 3.50. The SMILES string of the molecule is CCOC(=O)C(CC(=O)[O-])CC(=O)Nc1ccc(Cl)c(C)c1.[Na+]. The molecule has 0 aliphatic rings. The zero-order valence-electron chi connectivity index (χ0n) is 13.3. The molecule has 23 heavy (non-hydrogen) atoms. The van der Waals surface area contributed by atoms with Crippen LogP contribution in [0.5, 0.6) is 0 Å². The summed E-state index contributed by atoms with van der Waals surface area (Å²) in [6.07, 6.45) is -0.861. The number of anilines is 1. The van der Waals surface area contributed by atoms with E-state index in [1.807, 2.05) is 0 Å². The van der Waals surface area contributed by atoms with Crippen LogP contribution in [-0.4, -0.2) is 24.5 Å². The van der Waals surface area contributed by atoms with Crippen LogP contribution < -0.4 is 40.0 Å². The first kappa shape index (κ1) is 21.9. The molecule has 0 heterocycles. The molecule has 1 aromatic rings. The molecule has 0 radical (unpaired) electrons. The fourth-order valence-corrected chi connectivity index (χ4v) is 1.98. The van der Waals surface area contributed by atoms with Gasteiger partial charge in [0.2, 0.25) is 5.91 Å². The molecule has 0 aliphatic carbocycles. The topological polar surface area (TPSA) is 95.5 Å². The zero-order valence-corrected chi connectivity index (χ0v) is 16.1. The van der Waals surface area contributed by atoms with Gasteiger partial charge in [-0.3, -0.25) is 9.59 Å². The molecule has 0 fully saturated rings. The fourth-order valence-electron chi connectivity index (χ4n) is 1.86. The number of hydrogen-bond acceptors (Lipinski definition) is 5. The number of ether oxygens (including phenoxy) is 1. The molecule has 120 valence electrons. The molecule has 6 nitrogen and oxygen atoms in total. The summed E-state index contributed by atoms with van der Waals surface area (Å²) in [5, 5.41) is 13.8. The van der Waals surface area contributed by atoms with E-state index in [1.165, 1.54) is 0 Å². The average Bonchev–Trinajstić information content (AvgIpc) is 2.42. The second-order valence-electron chi connectivity index (χ2n) is 4.74. The smallest absolute Gasteiger partial charge is 0.550 e. The van der Waals surface area contributed by atoms with Crippen molar-refractivity contribution in [1.82, 2.24) is 0 Å². The molecular weight excluding hydrogens is 333 g/mol. The number of amides is 1. The zero-order chi connectivity index (χ0) is 16.7. The van der Waals surface area contributed by atoms with E-state index in [4.69, 9.17) is 16.3 Å². The number of rotatable bonds is 7. The van der Waals surface area contributed by atoms with Gasteiger partial charge in [0.1, 0.15) is 0 Å². The summed E-state index contributed by atoms with van der Waals surface area (Å²) < 4.78 is 4.76. The molecule has 0 saturated carbocycles. The van der Waals surface area contributed by atoms with Crippen molar-refractivity contribution in [2.45, 2.75) is 26.7 Å². The first-order valence-electron chi connectivity index (χ1n) is 6.76. The third-order valence-corrected chi connectivity index (χ3v) is 3.33. The number of aliphatic carboxylic acids is 1. The van der Waals surface area contributed by atoms with E-state index >= 15 is 0 Å². The van der Waals surface area contributed by atoms with Gasteiger partial charge >= 0.3 is 35.5 Å². The Kier molecular flexibility index (Phi) is 10.1. The first-order chi connectivity index (χ1) is 10.3. The van der Waals surface area contributed by atoms with Gasteiger partial charge < -0.3 is 20.0 Å². The van der Waals surface area contributed by atoms with Gasteiger partial charge in [-0.25, -0.2) is 0 Å². The molecule has 0 spiro atoms. The van der Waals surface area contributed by atoms with Crippen LogP contribution in [0.25, 0.3) is 0 Å². The maximum absolute atomic E-state index is 11.9. The minimum absolute atomic E-state index is 0. The summed E-state index contributed by atoms with van der Waals surface area (Å²) in [5.41, 5.74) is 1.30. The van der Waals surface area contributed by atoms with E-state index in [0.29, 0.717) is 10.7 Å². The van der Waals surface area contributed by atoms with Gasteiger partial charge in [0, 0.05) is 29.5 Å². The van der Waals surface area contributed by atoms with E-state index in [9.17, 15) is 19.5 Å². The Bertz CT molecular complexity index is 579. The van der Waals surface area contributed by atoms with E-state index < -0.39 is 30.2 Å².